The summed E-state index contributed by atoms with van der Waals surface area (Å²) < 4.78 is 28.6. The van der Waals surface area contributed by atoms with Crippen LogP contribution in [0.5, 0.6) is 0 Å². The number of hydrogen-bond donors (Lipinski definition) is 1. The van der Waals surface area contributed by atoms with E-state index in [-0.39, 0.29) is 41.5 Å². The number of nitro benzene ring substituents is 1. The van der Waals surface area contributed by atoms with Crippen LogP contribution in [0.15, 0.2) is 35.4 Å². The van der Waals surface area contributed by atoms with Gasteiger partial charge in [-0.3, -0.25) is 19.6 Å². The standard InChI is InChI=1S/C19H25N5O5S/c1-13(18-12-22(3)21-14(18)2)20-19(25)15-8-10-23(11-9-15)30(28,29)17-6-4-16(5-7-17)24(26)27/h4-7,12-13,15H,8-11H2,1-3H3,(H,20,25). The van der Waals surface area contributed by atoms with Crippen molar-refractivity contribution >= 4 is 21.6 Å². The molecule has 2 aromatic rings. The van der Waals surface area contributed by atoms with Crippen molar-refractivity contribution in [3.8, 4) is 0 Å². The summed E-state index contributed by atoms with van der Waals surface area (Å²) in [6.07, 6.45) is 2.70. The first-order valence-electron chi connectivity index (χ1n) is 9.64. The number of rotatable bonds is 6. The maximum absolute atomic E-state index is 12.8. The van der Waals surface area contributed by atoms with Crippen molar-refractivity contribution in [2.45, 2.75) is 37.6 Å². The van der Waals surface area contributed by atoms with Gasteiger partial charge in [0.15, 0.2) is 0 Å². The number of non-ortho nitro benzene ring substituents is 1. The molecule has 1 N–H and O–H groups in total. The molecule has 0 aliphatic carbocycles. The summed E-state index contributed by atoms with van der Waals surface area (Å²) in [6, 6.07) is 4.64. The van der Waals surface area contributed by atoms with E-state index < -0.39 is 14.9 Å². The van der Waals surface area contributed by atoms with E-state index in [0.29, 0.717) is 12.8 Å². The van der Waals surface area contributed by atoms with E-state index in [1.807, 2.05) is 27.1 Å². The molecule has 2 heterocycles. The lowest BCUT2D eigenvalue weighted by molar-refractivity contribution is -0.384. The number of sulfonamides is 1. The van der Waals surface area contributed by atoms with Gasteiger partial charge >= 0.3 is 0 Å². The summed E-state index contributed by atoms with van der Waals surface area (Å²) in [7, 11) is -1.93. The Labute approximate surface area is 175 Å². The van der Waals surface area contributed by atoms with E-state index in [4.69, 9.17) is 0 Å². The summed E-state index contributed by atoms with van der Waals surface area (Å²) in [5, 5.41) is 18.0. The third kappa shape index (κ3) is 4.51. The SMILES string of the molecule is Cc1nn(C)cc1C(C)NC(=O)C1CCN(S(=O)(=O)c2ccc([N+](=O)[O-])cc2)CC1. The van der Waals surface area contributed by atoms with Crippen LogP contribution >= 0.6 is 0 Å². The lowest BCUT2D eigenvalue weighted by atomic mass is 9.96. The maximum atomic E-state index is 12.8. The van der Waals surface area contributed by atoms with Crippen LogP contribution in [0.3, 0.4) is 0 Å². The molecule has 0 spiro atoms. The molecule has 1 aliphatic heterocycles. The fraction of sp³-hybridized carbons (Fsp3) is 0.474. The van der Waals surface area contributed by atoms with Gasteiger partial charge in [0.25, 0.3) is 5.69 Å². The molecule has 0 bridgehead atoms. The molecule has 0 radical (unpaired) electrons. The second kappa shape index (κ2) is 8.52. The molecular weight excluding hydrogens is 410 g/mol. The molecule has 1 fully saturated rings. The second-order valence-electron chi connectivity index (χ2n) is 7.50. The Morgan fingerprint density at radius 3 is 2.37 bits per heavy atom. The second-order valence-corrected chi connectivity index (χ2v) is 9.44. The number of hydrogen-bond acceptors (Lipinski definition) is 6. The van der Waals surface area contributed by atoms with Gasteiger partial charge in [-0.05, 0) is 38.8 Å². The molecule has 1 aliphatic rings. The van der Waals surface area contributed by atoms with Crippen molar-refractivity contribution in [3.63, 3.8) is 0 Å². The molecule has 3 rings (SSSR count). The fourth-order valence-electron chi connectivity index (χ4n) is 3.70. The van der Waals surface area contributed by atoms with Gasteiger partial charge in [0, 0.05) is 49.9 Å². The molecule has 30 heavy (non-hydrogen) atoms. The molecule has 0 saturated carbocycles. The predicted molar refractivity (Wildman–Crippen MR) is 109 cm³/mol. The summed E-state index contributed by atoms with van der Waals surface area (Å²) in [5.74, 6) is -0.370. The minimum absolute atomic E-state index is 0.0108. The quantitative estimate of drug-likeness (QED) is 0.545. The van der Waals surface area contributed by atoms with Crippen LogP contribution in [0.25, 0.3) is 0 Å². The third-order valence-corrected chi connectivity index (χ3v) is 7.30. The highest BCUT2D eigenvalue weighted by molar-refractivity contribution is 7.89. The first-order valence-corrected chi connectivity index (χ1v) is 11.1. The van der Waals surface area contributed by atoms with E-state index >= 15 is 0 Å². The Kier molecular flexibility index (Phi) is 6.22. The normalized spacial score (nSPS) is 16.9. The van der Waals surface area contributed by atoms with E-state index in [1.54, 1.807) is 4.68 Å². The van der Waals surface area contributed by atoms with E-state index in [1.165, 1.54) is 28.6 Å². The largest absolute Gasteiger partial charge is 0.349 e. The average molecular weight is 436 g/mol. The van der Waals surface area contributed by atoms with Gasteiger partial charge in [-0.2, -0.15) is 9.40 Å². The summed E-state index contributed by atoms with van der Waals surface area (Å²) in [5.41, 5.74) is 1.64. The van der Waals surface area contributed by atoms with Gasteiger partial charge < -0.3 is 5.32 Å². The summed E-state index contributed by atoms with van der Waals surface area (Å²) in [4.78, 5) is 22.8. The zero-order valence-electron chi connectivity index (χ0n) is 17.1. The number of aryl methyl sites for hydroxylation is 2. The van der Waals surface area contributed by atoms with Gasteiger partial charge in [0.1, 0.15) is 0 Å². The van der Waals surface area contributed by atoms with Gasteiger partial charge in [-0.1, -0.05) is 0 Å². The van der Waals surface area contributed by atoms with Gasteiger partial charge in [-0.15, -0.1) is 0 Å². The van der Waals surface area contributed by atoms with Gasteiger partial charge in [0.05, 0.1) is 21.6 Å². The molecule has 1 unspecified atom stereocenters. The minimum atomic E-state index is -3.75. The number of piperidine rings is 1. The minimum Gasteiger partial charge on any atom is -0.349 e. The molecule has 10 nitrogen and oxygen atoms in total. The Hall–Kier alpha value is -2.79. The number of carbonyl (C=O) groups excluding carboxylic acids is 1. The lowest BCUT2D eigenvalue weighted by Gasteiger charge is -2.31. The molecule has 1 aromatic carbocycles. The smallest absolute Gasteiger partial charge is 0.269 e. The van der Waals surface area contributed by atoms with E-state index in [2.05, 4.69) is 10.4 Å². The Morgan fingerprint density at radius 1 is 1.27 bits per heavy atom. The maximum Gasteiger partial charge on any atom is 0.269 e. The molecular formula is C19H25N5O5S. The first-order chi connectivity index (χ1) is 14.1. The molecule has 1 amide bonds. The van der Waals surface area contributed by atoms with Crippen molar-refractivity contribution in [1.82, 2.24) is 19.4 Å². The highest BCUT2D eigenvalue weighted by Crippen LogP contribution is 2.26. The summed E-state index contributed by atoms with van der Waals surface area (Å²) >= 11 is 0. The van der Waals surface area contributed by atoms with Crippen LogP contribution in [-0.2, 0) is 21.9 Å². The molecule has 11 heteroatoms. The lowest BCUT2D eigenvalue weighted by Crippen LogP contribution is -2.43. The molecule has 162 valence electrons. The third-order valence-electron chi connectivity index (χ3n) is 5.39. The van der Waals surface area contributed by atoms with Crippen LogP contribution < -0.4 is 5.32 Å². The van der Waals surface area contributed by atoms with Crippen molar-refractivity contribution in [2.24, 2.45) is 13.0 Å². The van der Waals surface area contributed by atoms with Crippen LogP contribution in [0.4, 0.5) is 5.69 Å². The zero-order valence-corrected chi connectivity index (χ0v) is 17.9. The highest BCUT2D eigenvalue weighted by Gasteiger charge is 2.33. The van der Waals surface area contributed by atoms with Gasteiger partial charge in [0.2, 0.25) is 15.9 Å². The van der Waals surface area contributed by atoms with E-state index in [0.717, 1.165) is 11.3 Å². The zero-order chi connectivity index (χ0) is 22.1. The van der Waals surface area contributed by atoms with Crippen LogP contribution in [0, 0.1) is 23.0 Å². The molecule has 1 atom stereocenters. The topological polar surface area (TPSA) is 127 Å². The number of carbonyl (C=O) groups is 1. The Morgan fingerprint density at radius 2 is 1.87 bits per heavy atom. The number of nitro groups is 1. The molecule has 1 saturated heterocycles. The number of amides is 1. The van der Waals surface area contributed by atoms with Crippen LogP contribution in [0.2, 0.25) is 0 Å². The monoisotopic (exact) mass is 435 g/mol. The number of nitrogens with zero attached hydrogens (tertiary/aromatic N) is 4. The Balaban J connectivity index is 1.60. The summed E-state index contributed by atoms with van der Waals surface area (Å²) in [6.45, 7) is 4.23. The fourth-order valence-corrected chi connectivity index (χ4v) is 5.17. The van der Waals surface area contributed by atoms with Crippen molar-refractivity contribution < 1.29 is 18.1 Å². The highest BCUT2D eigenvalue weighted by atomic mass is 32.2. The number of benzene rings is 1. The Bertz CT molecular complexity index is 1040. The van der Waals surface area contributed by atoms with Crippen molar-refractivity contribution in [2.75, 3.05) is 13.1 Å². The first kappa shape index (κ1) is 21.9. The van der Waals surface area contributed by atoms with Crippen molar-refractivity contribution in [3.05, 3.63) is 51.8 Å². The average Bonchev–Trinajstić information content (AvgIpc) is 3.06. The van der Waals surface area contributed by atoms with Crippen molar-refractivity contribution in [1.29, 1.82) is 0 Å². The van der Waals surface area contributed by atoms with Crippen LogP contribution in [-0.4, -0.2) is 46.4 Å². The predicted octanol–water partition coefficient (Wildman–Crippen LogP) is 1.91. The molecule has 1 aromatic heterocycles. The van der Waals surface area contributed by atoms with E-state index in [9.17, 15) is 23.3 Å². The number of aromatic nitrogens is 2. The number of nitrogens with one attached hydrogen (secondary N) is 1. The van der Waals surface area contributed by atoms with Crippen LogP contribution in [0.1, 0.15) is 37.1 Å². The van der Waals surface area contributed by atoms with Gasteiger partial charge in [-0.25, -0.2) is 8.42 Å².